The maximum absolute atomic E-state index is 9.94. The van der Waals surface area contributed by atoms with Gasteiger partial charge in [-0.25, -0.2) is 0 Å². The van der Waals surface area contributed by atoms with Crippen LogP contribution in [-0.4, -0.2) is 35.0 Å². The molecule has 0 amide bonds. The maximum Gasteiger partial charge on any atom is 0.0860 e. The molecular weight excluding hydrogens is 267 g/mol. The van der Waals surface area contributed by atoms with E-state index in [4.69, 9.17) is 0 Å². The monoisotopic (exact) mass is 291 g/mol. The number of likely N-dealkylation sites (N-methyl/N-ethyl adjacent to an activating group) is 1. The van der Waals surface area contributed by atoms with Crippen LogP contribution in [0.3, 0.4) is 0 Å². The van der Waals surface area contributed by atoms with Crippen molar-refractivity contribution < 1.29 is 42.9 Å². The van der Waals surface area contributed by atoms with Gasteiger partial charge in [0.05, 0.1) is 11.7 Å². The Labute approximate surface area is 119 Å². The fourth-order valence-electron chi connectivity index (χ4n) is 1.48. The number of hydrogen-bond donors (Lipinski definition) is 2. The Bertz CT molecular complexity index is 163. The van der Waals surface area contributed by atoms with E-state index in [1.165, 1.54) is 0 Å². The molecule has 0 aromatic rings. The van der Waals surface area contributed by atoms with Crippen LogP contribution in [0.15, 0.2) is 0 Å². The van der Waals surface area contributed by atoms with E-state index in [0.717, 1.165) is 6.42 Å². The van der Waals surface area contributed by atoms with Gasteiger partial charge in [0.25, 0.3) is 0 Å². The summed E-state index contributed by atoms with van der Waals surface area (Å²) < 4.78 is 0. The Morgan fingerprint density at radius 2 is 1.80 bits per heavy atom. The number of aliphatic hydroxyl groups is 2. The third kappa shape index (κ3) is 6.33. The first kappa shape index (κ1) is 18.4. The molecule has 0 saturated carbocycles. The van der Waals surface area contributed by atoms with Gasteiger partial charge in [-0.05, 0) is 19.3 Å². The third-order valence-electron chi connectivity index (χ3n) is 2.76. The van der Waals surface area contributed by atoms with Crippen LogP contribution in [0.25, 0.3) is 5.32 Å². The summed E-state index contributed by atoms with van der Waals surface area (Å²) in [4.78, 5) is 0. The molecule has 89 valence electrons. The first-order valence-corrected chi connectivity index (χ1v) is 5.34. The summed E-state index contributed by atoms with van der Waals surface area (Å²) in [6.07, 6.45) is 0.589. The normalized spacial score (nSPS) is 19.2. The zero-order valence-corrected chi connectivity index (χ0v) is 13.4. The zero-order chi connectivity index (χ0) is 11.4. The molecule has 0 rings (SSSR count). The van der Waals surface area contributed by atoms with Crippen molar-refractivity contribution in [1.29, 1.82) is 0 Å². The van der Waals surface area contributed by atoms with Gasteiger partial charge < -0.3 is 15.5 Å². The molecule has 0 fully saturated rings. The minimum atomic E-state index is -1.03. The van der Waals surface area contributed by atoms with Crippen molar-refractivity contribution >= 4 is 0 Å². The van der Waals surface area contributed by atoms with E-state index in [1.54, 1.807) is 14.0 Å². The van der Waals surface area contributed by atoms with Crippen LogP contribution in [0.2, 0.25) is 0 Å². The maximum atomic E-state index is 9.94. The topological polar surface area (TPSA) is 54.6 Å². The second-order valence-electron chi connectivity index (χ2n) is 4.61. The van der Waals surface area contributed by atoms with Crippen molar-refractivity contribution in [3.63, 3.8) is 0 Å². The average Bonchev–Trinajstić information content (AvgIpc) is 2.12. The van der Waals surface area contributed by atoms with Gasteiger partial charge in [-0.2, -0.15) is 7.05 Å². The number of nitrogens with zero attached hydrogens (tertiary/aromatic N) is 1. The summed E-state index contributed by atoms with van der Waals surface area (Å²) in [5.41, 5.74) is -1.03. The van der Waals surface area contributed by atoms with E-state index < -0.39 is 11.7 Å². The van der Waals surface area contributed by atoms with Crippen molar-refractivity contribution in [3.8, 4) is 0 Å². The molecule has 1 radical (unpaired) electrons. The molecule has 2 N–H and O–H groups in total. The second kappa shape index (κ2) is 8.13. The van der Waals surface area contributed by atoms with Crippen LogP contribution >= 0.6 is 0 Å². The van der Waals surface area contributed by atoms with E-state index in [-0.39, 0.29) is 38.8 Å². The smallest absolute Gasteiger partial charge is 0.0860 e. The standard InChI is InChI=1S/C11H24NO2.Y/c1-6-11(4,14)10(13)9(12-5)7-8(2)3;/h8-10,13-14H,6-7H2,1-5H3;/q-1;/t9-,10+,11+;/m0./s1. The first-order valence-electron chi connectivity index (χ1n) is 5.34. The molecule has 0 aromatic heterocycles. The van der Waals surface area contributed by atoms with E-state index in [1.807, 2.05) is 6.92 Å². The number of rotatable bonds is 6. The predicted octanol–water partition coefficient (Wildman–Crippen LogP) is 1.92. The van der Waals surface area contributed by atoms with Crippen LogP contribution in [0, 0.1) is 5.92 Å². The molecule has 0 unspecified atom stereocenters. The molecule has 0 aliphatic carbocycles. The summed E-state index contributed by atoms with van der Waals surface area (Å²) in [7, 11) is 1.70. The zero-order valence-electron chi connectivity index (χ0n) is 10.6. The predicted molar refractivity (Wildman–Crippen MR) is 59.4 cm³/mol. The van der Waals surface area contributed by atoms with Crippen molar-refractivity contribution in [3.05, 3.63) is 5.32 Å². The minimum absolute atomic E-state index is 0. The van der Waals surface area contributed by atoms with Crippen LogP contribution < -0.4 is 0 Å². The Morgan fingerprint density at radius 3 is 2.07 bits per heavy atom. The fourth-order valence-corrected chi connectivity index (χ4v) is 1.48. The number of hydrogen-bond acceptors (Lipinski definition) is 2. The number of aliphatic hydroxyl groups excluding tert-OH is 1. The van der Waals surface area contributed by atoms with Gasteiger partial charge in [0.1, 0.15) is 0 Å². The van der Waals surface area contributed by atoms with Crippen LogP contribution in [0.5, 0.6) is 0 Å². The second-order valence-corrected chi connectivity index (χ2v) is 4.61. The summed E-state index contributed by atoms with van der Waals surface area (Å²) in [5, 5.41) is 24.0. The van der Waals surface area contributed by atoms with Crippen molar-refractivity contribution in [1.82, 2.24) is 0 Å². The molecule has 0 heterocycles. The largest absolute Gasteiger partial charge is 0.660 e. The Hall–Kier alpha value is 0.984. The van der Waals surface area contributed by atoms with Crippen LogP contribution in [0.1, 0.15) is 40.5 Å². The molecule has 3 atom stereocenters. The summed E-state index contributed by atoms with van der Waals surface area (Å²) in [6.45, 7) is 7.71. The first-order chi connectivity index (χ1) is 6.35. The van der Waals surface area contributed by atoms with Crippen molar-refractivity contribution in [2.45, 2.75) is 58.3 Å². The fraction of sp³-hybridized carbons (Fsp3) is 1.00. The molecule has 0 bridgehead atoms. The summed E-state index contributed by atoms with van der Waals surface area (Å²) >= 11 is 0. The third-order valence-corrected chi connectivity index (χ3v) is 2.76. The average molecular weight is 291 g/mol. The van der Waals surface area contributed by atoms with Gasteiger partial charge >= 0.3 is 0 Å². The van der Waals surface area contributed by atoms with Gasteiger partial charge in [-0.15, -0.1) is 6.04 Å². The molecule has 0 aliphatic rings. The van der Waals surface area contributed by atoms with E-state index in [0.29, 0.717) is 12.3 Å². The Kier molecular flexibility index (Phi) is 9.95. The quantitative estimate of drug-likeness (QED) is 0.785. The molecule has 0 aliphatic heterocycles. The van der Waals surface area contributed by atoms with Gasteiger partial charge in [0, 0.05) is 32.7 Å². The molecule has 0 saturated heterocycles. The molecule has 0 spiro atoms. The van der Waals surface area contributed by atoms with Gasteiger partial charge in [-0.3, -0.25) is 0 Å². The van der Waals surface area contributed by atoms with E-state index >= 15 is 0 Å². The summed E-state index contributed by atoms with van der Waals surface area (Å²) in [6, 6.07) is -0.162. The van der Waals surface area contributed by atoms with Crippen LogP contribution in [0.4, 0.5) is 0 Å². The Morgan fingerprint density at radius 1 is 1.33 bits per heavy atom. The van der Waals surface area contributed by atoms with Gasteiger partial charge in [0.15, 0.2) is 0 Å². The van der Waals surface area contributed by atoms with Crippen molar-refractivity contribution in [2.75, 3.05) is 7.05 Å². The molecule has 4 heteroatoms. The van der Waals surface area contributed by atoms with Gasteiger partial charge in [-0.1, -0.05) is 27.2 Å². The molecule has 0 aromatic carbocycles. The SMILES string of the molecule is CC[C@@](C)(O)[C@H](O)[C@H](CC(C)C)[N-]C.[Y]. The van der Waals surface area contributed by atoms with E-state index in [9.17, 15) is 10.2 Å². The van der Waals surface area contributed by atoms with Gasteiger partial charge in [0.2, 0.25) is 0 Å². The van der Waals surface area contributed by atoms with Crippen molar-refractivity contribution in [2.24, 2.45) is 5.92 Å². The molecule has 3 nitrogen and oxygen atoms in total. The summed E-state index contributed by atoms with van der Waals surface area (Å²) in [5.74, 6) is 0.478. The molecule has 15 heavy (non-hydrogen) atoms. The Balaban J connectivity index is 0. The molecular formula is C11H24NO2Y-. The minimum Gasteiger partial charge on any atom is -0.660 e. The van der Waals surface area contributed by atoms with E-state index in [2.05, 4.69) is 19.2 Å². The van der Waals surface area contributed by atoms with Crippen LogP contribution in [-0.2, 0) is 32.7 Å².